The Morgan fingerprint density at radius 1 is 1.07 bits per heavy atom. The molecule has 1 heterocycles. The molecule has 2 aliphatic rings. The molecule has 1 nitrogen and oxygen atoms in total. The van der Waals surface area contributed by atoms with Crippen LogP contribution in [0.1, 0.15) is 31.2 Å². The summed E-state index contributed by atoms with van der Waals surface area (Å²) in [5, 5.41) is 0. The fourth-order valence-electron chi connectivity index (χ4n) is 2.96. The number of hydrogen-bond acceptors (Lipinski definition) is 1. The Morgan fingerprint density at radius 2 is 1.86 bits per heavy atom. The fraction of sp³-hybridized carbons (Fsp3) is 0.538. The van der Waals surface area contributed by atoms with Gasteiger partial charge in [0.2, 0.25) is 0 Å². The molecule has 1 aliphatic heterocycles. The molecule has 1 aromatic rings. The largest absolute Gasteiger partial charge is 0.368 e. The summed E-state index contributed by atoms with van der Waals surface area (Å²) in [6.07, 6.45) is 6.95. The van der Waals surface area contributed by atoms with Gasteiger partial charge in [0.25, 0.3) is 0 Å². The molecule has 1 aromatic carbocycles. The topological polar surface area (TPSA) is 3.24 Å². The summed E-state index contributed by atoms with van der Waals surface area (Å²) in [5.74, 6) is 0. The lowest BCUT2D eigenvalue weighted by molar-refractivity contribution is 0.625. The van der Waals surface area contributed by atoms with Crippen molar-refractivity contribution in [2.24, 2.45) is 0 Å². The second-order valence-corrected chi connectivity index (χ2v) is 4.51. The molecule has 74 valence electrons. The molecule has 0 saturated heterocycles. The first-order valence-corrected chi connectivity index (χ1v) is 5.80. The number of para-hydroxylation sites is 1. The van der Waals surface area contributed by atoms with Crippen LogP contribution < -0.4 is 4.90 Å². The fourth-order valence-corrected chi connectivity index (χ4v) is 2.96. The number of fused-ring (bicyclic) bond motifs is 1. The Kier molecular flexibility index (Phi) is 1.97. The van der Waals surface area contributed by atoms with Gasteiger partial charge in [-0.25, -0.2) is 0 Å². The van der Waals surface area contributed by atoms with E-state index in [0.29, 0.717) is 0 Å². The predicted octanol–water partition coefficient (Wildman–Crippen LogP) is 2.99. The highest BCUT2D eigenvalue weighted by Gasteiger charge is 2.27. The van der Waals surface area contributed by atoms with Crippen molar-refractivity contribution in [2.45, 2.75) is 38.1 Å². The third-order valence-electron chi connectivity index (χ3n) is 3.69. The van der Waals surface area contributed by atoms with Crippen LogP contribution in [0, 0.1) is 0 Å². The van der Waals surface area contributed by atoms with E-state index in [1.807, 2.05) is 0 Å². The van der Waals surface area contributed by atoms with Gasteiger partial charge in [0.15, 0.2) is 0 Å². The molecule has 0 aromatic heterocycles. The lowest BCUT2D eigenvalue weighted by atomic mass is 10.1. The summed E-state index contributed by atoms with van der Waals surface area (Å²) in [4.78, 5) is 2.64. The van der Waals surface area contributed by atoms with Crippen LogP contribution in [0.5, 0.6) is 0 Å². The molecule has 0 bridgehead atoms. The van der Waals surface area contributed by atoms with Gasteiger partial charge in [0, 0.05) is 18.3 Å². The molecule has 0 unspecified atom stereocenters. The van der Waals surface area contributed by atoms with Crippen LogP contribution in [-0.4, -0.2) is 12.6 Å². The smallest absolute Gasteiger partial charge is 0.0402 e. The molecule has 14 heavy (non-hydrogen) atoms. The van der Waals surface area contributed by atoms with E-state index in [1.165, 1.54) is 44.3 Å². The van der Waals surface area contributed by atoms with Gasteiger partial charge < -0.3 is 4.90 Å². The van der Waals surface area contributed by atoms with Crippen LogP contribution in [0.4, 0.5) is 5.69 Å². The third kappa shape index (κ3) is 1.23. The summed E-state index contributed by atoms with van der Waals surface area (Å²) in [7, 11) is 0. The lowest BCUT2D eigenvalue weighted by Crippen LogP contribution is -2.31. The summed E-state index contributed by atoms with van der Waals surface area (Å²) < 4.78 is 0. The van der Waals surface area contributed by atoms with Crippen molar-refractivity contribution < 1.29 is 0 Å². The highest BCUT2D eigenvalue weighted by molar-refractivity contribution is 5.58. The Morgan fingerprint density at radius 3 is 2.71 bits per heavy atom. The first-order valence-electron chi connectivity index (χ1n) is 5.80. The van der Waals surface area contributed by atoms with Gasteiger partial charge in [-0.2, -0.15) is 0 Å². The predicted molar refractivity (Wildman–Crippen MR) is 59.7 cm³/mol. The normalized spacial score (nSPS) is 21.6. The molecule has 0 atom stereocenters. The van der Waals surface area contributed by atoms with E-state index in [2.05, 4.69) is 29.2 Å². The van der Waals surface area contributed by atoms with E-state index in [1.54, 1.807) is 5.56 Å². The number of anilines is 1. The number of benzene rings is 1. The highest BCUT2D eigenvalue weighted by Crippen LogP contribution is 2.34. The zero-order chi connectivity index (χ0) is 9.38. The van der Waals surface area contributed by atoms with Gasteiger partial charge in [-0.1, -0.05) is 31.0 Å². The average molecular weight is 187 g/mol. The molecule has 1 aliphatic carbocycles. The molecular formula is C13H17N. The van der Waals surface area contributed by atoms with Crippen molar-refractivity contribution in [3.8, 4) is 0 Å². The van der Waals surface area contributed by atoms with Crippen LogP contribution in [0.3, 0.4) is 0 Å². The van der Waals surface area contributed by atoms with E-state index in [-0.39, 0.29) is 0 Å². The van der Waals surface area contributed by atoms with Crippen molar-refractivity contribution >= 4 is 5.69 Å². The van der Waals surface area contributed by atoms with Crippen molar-refractivity contribution in [2.75, 3.05) is 11.4 Å². The van der Waals surface area contributed by atoms with Crippen molar-refractivity contribution in [1.29, 1.82) is 0 Å². The van der Waals surface area contributed by atoms with Crippen molar-refractivity contribution in [3.05, 3.63) is 29.8 Å². The molecule has 0 spiro atoms. The minimum Gasteiger partial charge on any atom is -0.368 e. The van der Waals surface area contributed by atoms with Crippen molar-refractivity contribution in [1.82, 2.24) is 0 Å². The maximum Gasteiger partial charge on any atom is 0.0402 e. The second-order valence-electron chi connectivity index (χ2n) is 4.51. The summed E-state index contributed by atoms with van der Waals surface area (Å²) in [6, 6.07) is 9.76. The molecule has 0 amide bonds. The van der Waals surface area contributed by atoms with E-state index in [9.17, 15) is 0 Å². The Labute approximate surface area is 85.7 Å². The van der Waals surface area contributed by atoms with E-state index >= 15 is 0 Å². The zero-order valence-corrected chi connectivity index (χ0v) is 8.58. The van der Waals surface area contributed by atoms with Crippen LogP contribution >= 0.6 is 0 Å². The molecule has 0 radical (unpaired) electrons. The van der Waals surface area contributed by atoms with Gasteiger partial charge in [-0.3, -0.25) is 0 Å². The van der Waals surface area contributed by atoms with E-state index in [0.717, 1.165) is 6.04 Å². The first-order chi connectivity index (χ1) is 6.95. The Hall–Kier alpha value is -0.980. The monoisotopic (exact) mass is 187 g/mol. The lowest BCUT2D eigenvalue weighted by Gasteiger charge is -2.26. The van der Waals surface area contributed by atoms with Crippen LogP contribution in [0.2, 0.25) is 0 Å². The van der Waals surface area contributed by atoms with Gasteiger partial charge >= 0.3 is 0 Å². The molecule has 1 saturated carbocycles. The second kappa shape index (κ2) is 3.30. The SMILES string of the molecule is c1ccc2c(c1)CCN2C1CCCC1. The minimum atomic E-state index is 0.846. The number of rotatable bonds is 1. The third-order valence-corrected chi connectivity index (χ3v) is 3.69. The number of hydrogen-bond donors (Lipinski definition) is 0. The first kappa shape index (κ1) is 8.34. The van der Waals surface area contributed by atoms with Gasteiger partial charge in [0.05, 0.1) is 0 Å². The zero-order valence-electron chi connectivity index (χ0n) is 8.58. The summed E-state index contributed by atoms with van der Waals surface area (Å²) in [5.41, 5.74) is 3.07. The maximum atomic E-state index is 2.64. The standard InChI is InChI=1S/C13H17N/c1-4-8-13-11(5-1)9-10-14(13)12-6-2-3-7-12/h1,4-5,8,12H,2-3,6-7,9-10H2. The van der Waals surface area contributed by atoms with E-state index in [4.69, 9.17) is 0 Å². The quantitative estimate of drug-likeness (QED) is 0.653. The molecular weight excluding hydrogens is 170 g/mol. The minimum absolute atomic E-state index is 0.846. The van der Waals surface area contributed by atoms with E-state index < -0.39 is 0 Å². The van der Waals surface area contributed by atoms with Crippen LogP contribution in [-0.2, 0) is 6.42 Å². The highest BCUT2D eigenvalue weighted by atomic mass is 15.2. The van der Waals surface area contributed by atoms with Crippen LogP contribution in [0.15, 0.2) is 24.3 Å². The molecule has 1 heteroatoms. The van der Waals surface area contributed by atoms with Crippen LogP contribution in [0.25, 0.3) is 0 Å². The average Bonchev–Trinajstić information content (AvgIpc) is 2.85. The van der Waals surface area contributed by atoms with Gasteiger partial charge in [-0.05, 0) is 30.9 Å². The molecule has 0 N–H and O–H groups in total. The summed E-state index contributed by atoms with van der Waals surface area (Å²) in [6.45, 7) is 1.25. The Balaban J connectivity index is 1.89. The summed E-state index contributed by atoms with van der Waals surface area (Å²) >= 11 is 0. The van der Waals surface area contributed by atoms with Gasteiger partial charge in [0.1, 0.15) is 0 Å². The van der Waals surface area contributed by atoms with Gasteiger partial charge in [-0.15, -0.1) is 0 Å². The Bertz CT molecular complexity index is 326. The maximum absolute atomic E-state index is 2.64. The van der Waals surface area contributed by atoms with Crippen molar-refractivity contribution in [3.63, 3.8) is 0 Å². The molecule has 1 fully saturated rings. The molecule has 3 rings (SSSR count). The number of nitrogens with zero attached hydrogens (tertiary/aromatic N) is 1.